The zero-order valence-electron chi connectivity index (χ0n) is 16.3. The monoisotopic (exact) mass is 399 g/mol. The maximum Gasteiger partial charge on any atom is 0.319 e. The molecule has 1 aliphatic rings. The van der Waals surface area contributed by atoms with Crippen LogP contribution in [0, 0.1) is 25.7 Å². The van der Waals surface area contributed by atoms with Crippen molar-refractivity contribution in [3.05, 3.63) is 41.3 Å². The van der Waals surface area contributed by atoms with Crippen molar-refractivity contribution in [2.75, 3.05) is 19.0 Å². The summed E-state index contributed by atoms with van der Waals surface area (Å²) < 4.78 is 10.7. The summed E-state index contributed by atoms with van der Waals surface area (Å²) >= 11 is 1.43. The number of hydrogen-bond donors (Lipinski definition) is 1. The maximum absolute atomic E-state index is 11.3. The number of benzene rings is 1. The van der Waals surface area contributed by atoms with Crippen molar-refractivity contribution in [2.24, 2.45) is 0 Å². The van der Waals surface area contributed by atoms with Gasteiger partial charge in [-0.05, 0) is 45.2 Å². The van der Waals surface area contributed by atoms with Crippen LogP contribution in [0.25, 0.3) is 11.5 Å². The quantitative estimate of drug-likeness (QED) is 0.528. The molecular weight excluding hydrogens is 374 g/mol. The third kappa shape index (κ3) is 4.98. The Bertz CT molecular complexity index is 872. The van der Waals surface area contributed by atoms with Crippen LogP contribution in [0.4, 0.5) is 0 Å². The predicted octanol–water partition coefficient (Wildman–Crippen LogP) is 4.26. The number of carboxylic acids is 1. The van der Waals surface area contributed by atoms with Crippen LogP contribution in [-0.4, -0.2) is 39.8 Å². The van der Waals surface area contributed by atoms with E-state index in [9.17, 15) is 9.90 Å². The van der Waals surface area contributed by atoms with Gasteiger partial charge in [-0.15, -0.1) is 11.8 Å². The van der Waals surface area contributed by atoms with E-state index in [0.717, 1.165) is 36.3 Å². The highest BCUT2D eigenvalue weighted by molar-refractivity contribution is 8.01. The summed E-state index contributed by atoms with van der Waals surface area (Å²) in [4.78, 5) is 15.8. The minimum absolute atomic E-state index is 0.336. The second-order valence-electron chi connectivity index (χ2n) is 6.99. The molecule has 0 amide bonds. The van der Waals surface area contributed by atoms with Gasteiger partial charge in [-0.2, -0.15) is 0 Å². The Kier molecular flexibility index (Phi) is 6.82. The van der Waals surface area contributed by atoms with Gasteiger partial charge in [0.15, 0.2) is 0 Å². The topological polar surface area (TPSA) is 72.6 Å². The first-order valence-corrected chi connectivity index (χ1v) is 10.4. The van der Waals surface area contributed by atoms with Crippen molar-refractivity contribution in [3.8, 4) is 23.3 Å². The number of ether oxygens (including phenoxy) is 1. The van der Waals surface area contributed by atoms with Crippen LogP contribution in [0.1, 0.15) is 36.3 Å². The number of oxazole rings is 1. The number of thioether (sulfide) groups is 1. The second-order valence-corrected chi connectivity index (χ2v) is 8.34. The summed E-state index contributed by atoms with van der Waals surface area (Å²) in [6.07, 6.45) is 3.14. The molecule has 3 rings (SSSR count). The van der Waals surface area contributed by atoms with Gasteiger partial charge in [-0.3, -0.25) is 4.79 Å². The third-order valence-electron chi connectivity index (χ3n) is 4.95. The normalized spacial score (nSPS) is 14.8. The van der Waals surface area contributed by atoms with Gasteiger partial charge in [-0.25, -0.2) is 4.98 Å². The maximum atomic E-state index is 11.3. The van der Waals surface area contributed by atoms with Crippen LogP contribution in [-0.2, 0) is 16.0 Å². The van der Waals surface area contributed by atoms with E-state index >= 15 is 0 Å². The first-order valence-electron chi connectivity index (χ1n) is 9.44. The molecule has 0 atom stereocenters. The van der Waals surface area contributed by atoms with Gasteiger partial charge in [0.1, 0.15) is 17.1 Å². The van der Waals surface area contributed by atoms with Crippen LogP contribution in [0.3, 0.4) is 0 Å². The van der Waals surface area contributed by atoms with Gasteiger partial charge in [-0.1, -0.05) is 29.5 Å². The summed E-state index contributed by atoms with van der Waals surface area (Å²) in [5.41, 5.74) is 3.06. The van der Waals surface area contributed by atoms with E-state index < -0.39 is 10.7 Å². The Balaban J connectivity index is 1.39. The van der Waals surface area contributed by atoms with E-state index in [-0.39, 0.29) is 0 Å². The highest BCUT2D eigenvalue weighted by atomic mass is 32.2. The number of rotatable bonds is 8. The lowest BCUT2D eigenvalue weighted by atomic mass is 9.84. The molecule has 5 nitrogen and oxygen atoms in total. The smallest absolute Gasteiger partial charge is 0.319 e. The minimum Gasteiger partial charge on any atom is -0.480 e. The molecule has 6 heteroatoms. The van der Waals surface area contributed by atoms with E-state index in [1.165, 1.54) is 17.3 Å². The molecule has 1 fully saturated rings. The lowest BCUT2D eigenvalue weighted by Crippen LogP contribution is -2.42. The molecule has 1 heterocycles. The van der Waals surface area contributed by atoms with E-state index in [4.69, 9.17) is 9.15 Å². The molecule has 1 aromatic carbocycles. The number of hydrogen-bond acceptors (Lipinski definition) is 5. The summed E-state index contributed by atoms with van der Waals surface area (Å²) in [5, 5.41) is 9.27. The van der Waals surface area contributed by atoms with Crippen LogP contribution in [0.15, 0.2) is 28.7 Å². The van der Waals surface area contributed by atoms with E-state index in [1.54, 1.807) is 0 Å². The SMILES string of the molecule is Cc1ccc(-c2nc(CCOCC#CCSC3(C(=O)O)CCC3)c(C)o2)cc1. The third-order valence-corrected chi connectivity index (χ3v) is 6.37. The van der Waals surface area contributed by atoms with Gasteiger partial charge < -0.3 is 14.3 Å². The van der Waals surface area contributed by atoms with E-state index in [1.807, 2.05) is 38.1 Å². The number of aryl methyl sites for hydroxylation is 2. The van der Waals surface area contributed by atoms with Crippen molar-refractivity contribution < 1.29 is 19.1 Å². The molecule has 2 aromatic rings. The summed E-state index contributed by atoms with van der Waals surface area (Å²) in [5.74, 6) is 7.20. The first-order chi connectivity index (χ1) is 13.5. The predicted molar refractivity (Wildman–Crippen MR) is 110 cm³/mol. The number of carboxylic acid groups (broad SMARTS) is 1. The van der Waals surface area contributed by atoms with Crippen LogP contribution in [0.2, 0.25) is 0 Å². The largest absolute Gasteiger partial charge is 0.480 e. The molecular formula is C22H25NO4S. The molecule has 0 aliphatic heterocycles. The summed E-state index contributed by atoms with van der Waals surface area (Å²) in [7, 11) is 0. The van der Waals surface area contributed by atoms with Crippen molar-refractivity contribution in [2.45, 2.75) is 44.3 Å². The van der Waals surface area contributed by atoms with Crippen molar-refractivity contribution in [3.63, 3.8) is 0 Å². The average Bonchev–Trinajstić information content (AvgIpc) is 3.00. The fraction of sp³-hybridized carbons (Fsp3) is 0.455. The number of aliphatic carboxylic acids is 1. The molecule has 0 radical (unpaired) electrons. The molecule has 0 unspecified atom stereocenters. The lowest BCUT2D eigenvalue weighted by Gasteiger charge is -2.36. The number of nitrogens with zero attached hydrogens (tertiary/aromatic N) is 1. The van der Waals surface area contributed by atoms with E-state index in [2.05, 4.69) is 16.8 Å². The minimum atomic E-state index is -0.713. The number of carbonyl (C=O) groups is 1. The molecule has 0 spiro atoms. The van der Waals surface area contributed by atoms with E-state index in [0.29, 0.717) is 31.3 Å². The molecule has 1 N–H and O–H groups in total. The molecule has 28 heavy (non-hydrogen) atoms. The van der Waals surface area contributed by atoms with Gasteiger partial charge in [0, 0.05) is 12.0 Å². The fourth-order valence-electron chi connectivity index (χ4n) is 2.97. The van der Waals surface area contributed by atoms with Gasteiger partial charge in [0.2, 0.25) is 5.89 Å². The molecule has 1 saturated carbocycles. The van der Waals surface area contributed by atoms with Gasteiger partial charge in [0.05, 0.1) is 18.1 Å². The first kappa shape index (κ1) is 20.5. The molecule has 1 aliphatic carbocycles. The van der Waals surface area contributed by atoms with Gasteiger partial charge in [0.25, 0.3) is 0 Å². The Hall–Kier alpha value is -2.23. The zero-order chi connectivity index (χ0) is 20.0. The Morgan fingerprint density at radius 3 is 2.68 bits per heavy atom. The van der Waals surface area contributed by atoms with Crippen LogP contribution < -0.4 is 0 Å². The van der Waals surface area contributed by atoms with Crippen molar-refractivity contribution in [1.82, 2.24) is 4.98 Å². The van der Waals surface area contributed by atoms with Crippen LogP contribution >= 0.6 is 11.8 Å². The second kappa shape index (κ2) is 9.31. The molecule has 1 aromatic heterocycles. The summed E-state index contributed by atoms with van der Waals surface area (Å²) in [6.45, 7) is 4.81. The molecule has 148 valence electrons. The average molecular weight is 400 g/mol. The van der Waals surface area contributed by atoms with Crippen LogP contribution in [0.5, 0.6) is 0 Å². The highest BCUT2D eigenvalue weighted by Crippen LogP contribution is 2.44. The Labute approximate surface area is 169 Å². The molecule has 0 saturated heterocycles. The highest BCUT2D eigenvalue weighted by Gasteiger charge is 2.44. The Morgan fingerprint density at radius 2 is 2.04 bits per heavy atom. The lowest BCUT2D eigenvalue weighted by molar-refractivity contribution is -0.142. The van der Waals surface area contributed by atoms with Gasteiger partial charge >= 0.3 is 5.97 Å². The van der Waals surface area contributed by atoms with Crippen molar-refractivity contribution >= 4 is 17.7 Å². The fourth-order valence-corrected chi connectivity index (χ4v) is 4.12. The zero-order valence-corrected chi connectivity index (χ0v) is 17.1. The van der Waals surface area contributed by atoms with Crippen molar-refractivity contribution in [1.29, 1.82) is 0 Å². The molecule has 0 bridgehead atoms. The Morgan fingerprint density at radius 1 is 1.29 bits per heavy atom. The summed E-state index contributed by atoms with van der Waals surface area (Å²) in [6, 6.07) is 8.09. The number of aromatic nitrogens is 1. The standard InChI is InChI=1S/C22H25NO4S/c1-16-6-8-18(9-7-16)20-23-19(17(2)27-20)10-14-26-13-3-4-15-28-22(21(24)25)11-5-12-22/h6-9H,5,10-15H2,1-2H3,(H,24,25).